The second kappa shape index (κ2) is 9.64. The Morgan fingerprint density at radius 1 is 1.13 bits per heavy atom. The van der Waals surface area contributed by atoms with Gasteiger partial charge in [0, 0.05) is 6.42 Å². The van der Waals surface area contributed by atoms with Gasteiger partial charge in [-0.05, 0) is 38.6 Å². The molecule has 0 fully saturated rings. The van der Waals surface area contributed by atoms with Crippen molar-refractivity contribution in [2.45, 2.75) is 51.8 Å². The van der Waals surface area contributed by atoms with E-state index in [-0.39, 0.29) is 10.9 Å². The molecule has 0 aromatic carbocycles. The van der Waals surface area contributed by atoms with E-state index in [2.05, 4.69) is 27.9 Å². The summed E-state index contributed by atoms with van der Waals surface area (Å²) in [4.78, 5) is 35.6. The standard InChI is InChI=1S/C15H28N2O5S/c1-10(13(19)21-5)16-12(18)11(8-9-23(6)7)17-14(20)22-15(2,3)4/h10-11H,8-9H2,1-7H3,(H-,16,17,18,20)/p+1/t10-,11?/m0/s1. The van der Waals surface area contributed by atoms with Gasteiger partial charge in [-0.1, -0.05) is 0 Å². The van der Waals surface area contributed by atoms with Gasteiger partial charge in [-0.3, -0.25) is 4.79 Å². The number of ether oxygens (including phenoxy) is 2. The second-order valence-electron chi connectivity index (χ2n) is 6.43. The molecule has 0 bridgehead atoms. The number of methoxy groups -OCH3 is 1. The molecule has 23 heavy (non-hydrogen) atoms. The molecule has 0 aromatic heterocycles. The molecule has 134 valence electrons. The van der Waals surface area contributed by atoms with Gasteiger partial charge >= 0.3 is 12.1 Å². The number of rotatable bonds is 7. The molecule has 0 aliphatic rings. The molecule has 0 rings (SSSR count). The maximum Gasteiger partial charge on any atom is 0.408 e. The first kappa shape index (κ1) is 21.6. The Hall–Kier alpha value is -1.44. The van der Waals surface area contributed by atoms with Crippen molar-refractivity contribution in [1.82, 2.24) is 10.6 Å². The van der Waals surface area contributed by atoms with Crippen LogP contribution in [0.1, 0.15) is 34.1 Å². The molecule has 0 aliphatic carbocycles. The van der Waals surface area contributed by atoms with Crippen LogP contribution < -0.4 is 10.6 Å². The molecule has 0 aromatic rings. The predicted octanol–water partition coefficient (Wildman–Crippen LogP) is 0.825. The number of hydrogen-bond donors (Lipinski definition) is 2. The molecule has 2 N–H and O–H groups in total. The van der Waals surface area contributed by atoms with Gasteiger partial charge in [-0.25, -0.2) is 9.59 Å². The lowest BCUT2D eigenvalue weighted by molar-refractivity contribution is -0.144. The van der Waals surface area contributed by atoms with Crippen LogP contribution in [-0.4, -0.2) is 61.0 Å². The van der Waals surface area contributed by atoms with Gasteiger partial charge < -0.3 is 20.1 Å². The molecule has 8 heteroatoms. The third kappa shape index (κ3) is 10.0. The lowest BCUT2D eigenvalue weighted by atomic mass is 10.2. The number of nitrogens with one attached hydrogen (secondary N) is 2. The highest BCUT2D eigenvalue weighted by Crippen LogP contribution is 2.08. The maximum atomic E-state index is 12.3. The summed E-state index contributed by atoms with van der Waals surface area (Å²) in [6.07, 6.45) is 3.92. The lowest BCUT2D eigenvalue weighted by Gasteiger charge is -2.23. The Labute approximate surface area is 141 Å². The Kier molecular flexibility index (Phi) is 9.04. The summed E-state index contributed by atoms with van der Waals surface area (Å²) < 4.78 is 9.75. The van der Waals surface area contributed by atoms with Crippen LogP contribution >= 0.6 is 0 Å². The fraction of sp³-hybridized carbons (Fsp3) is 0.800. The Morgan fingerprint density at radius 2 is 1.70 bits per heavy atom. The van der Waals surface area contributed by atoms with E-state index >= 15 is 0 Å². The van der Waals surface area contributed by atoms with Crippen LogP contribution in [-0.2, 0) is 30.0 Å². The van der Waals surface area contributed by atoms with Gasteiger partial charge in [-0.2, -0.15) is 0 Å². The largest absolute Gasteiger partial charge is 0.467 e. The van der Waals surface area contributed by atoms with Gasteiger partial charge in [0.2, 0.25) is 5.91 Å². The summed E-state index contributed by atoms with van der Waals surface area (Å²) in [5, 5.41) is 5.11. The molecule has 2 amide bonds. The molecule has 0 radical (unpaired) electrons. The highest BCUT2D eigenvalue weighted by Gasteiger charge is 2.28. The summed E-state index contributed by atoms with van der Waals surface area (Å²) in [7, 11) is 1.38. The number of carbonyl (C=O) groups is 3. The van der Waals surface area contributed by atoms with E-state index in [9.17, 15) is 14.4 Å². The van der Waals surface area contributed by atoms with Crippen molar-refractivity contribution < 1.29 is 23.9 Å². The third-order valence-corrected chi connectivity index (χ3v) is 3.79. The van der Waals surface area contributed by atoms with E-state index in [1.807, 2.05) is 0 Å². The van der Waals surface area contributed by atoms with Crippen LogP contribution in [0.5, 0.6) is 0 Å². The summed E-state index contributed by atoms with van der Waals surface area (Å²) in [6, 6.07) is -1.54. The Morgan fingerprint density at radius 3 is 2.13 bits per heavy atom. The molecular formula is C15H29N2O5S+. The van der Waals surface area contributed by atoms with Crippen LogP contribution in [0.3, 0.4) is 0 Å². The summed E-state index contributed by atoms with van der Waals surface area (Å²) in [5.74, 6) is -0.195. The van der Waals surface area contributed by atoms with Gasteiger partial charge in [0.1, 0.15) is 23.4 Å². The zero-order valence-electron chi connectivity index (χ0n) is 15.0. The highest BCUT2D eigenvalue weighted by atomic mass is 32.2. The third-order valence-electron chi connectivity index (χ3n) is 2.74. The van der Waals surface area contributed by atoms with Gasteiger partial charge in [0.05, 0.1) is 19.6 Å². The van der Waals surface area contributed by atoms with Crippen LogP contribution in [0.25, 0.3) is 0 Å². The van der Waals surface area contributed by atoms with Crippen LogP contribution in [0.2, 0.25) is 0 Å². The highest BCUT2D eigenvalue weighted by molar-refractivity contribution is 7.95. The SMILES string of the molecule is COC(=O)[C@H](C)NC(=O)C(CC[S+](C)C)NC(=O)OC(C)(C)C. The van der Waals surface area contributed by atoms with Crippen LogP contribution in [0, 0.1) is 0 Å². The Bertz CT molecular complexity index is 421. The molecule has 0 saturated carbocycles. The number of hydrogen-bond acceptors (Lipinski definition) is 5. The smallest absolute Gasteiger partial charge is 0.408 e. The minimum absolute atomic E-state index is 0.127. The van der Waals surface area contributed by atoms with Gasteiger partial charge in [0.25, 0.3) is 0 Å². The van der Waals surface area contributed by atoms with Crippen molar-refractivity contribution in [3.05, 3.63) is 0 Å². The predicted molar refractivity (Wildman–Crippen MR) is 91.5 cm³/mol. The minimum atomic E-state index is -0.781. The maximum absolute atomic E-state index is 12.3. The van der Waals surface area contributed by atoms with Crippen molar-refractivity contribution in [1.29, 1.82) is 0 Å². The first-order chi connectivity index (χ1) is 10.5. The van der Waals surface area contributed by atoms with E-state index in [0.29, 0.717) is 6.42 Å². The zero-order chi connectivity index (χ0) is 18.2. The zero-order valence-corrected chi connectivity index (χ0v) is 15.8. The van der Waals surface area contributed by atoms with Crippen molar-refractivity contribution in [3.8, 4) is 0 Å². The molecule has 0 heterocycles. The van der Waals surface area contributed by atoms with Crippen LogP contribution in [0.4, 0.5) is 4.79 Å². The molecule has 0 spiro atoms. The first-order valence-electron chi connectivity index (χ1n) is 7.38. The lowest BCUT2D eigenvalue weighted by Crippen LogP contribution is -2.52. The fourth-order valence-corrected chi connectivity index (χ4v) is 2.33. The topological polar surface area (TPSA) is 93.7 Å². The molecule has 7 nitrogen and oxygen atoms in total. The fourth-order valence-electron chi connectivity index (χ4n) is 1.62. The molecule has 0 saturated heterocycles. The monoisotopic (exact) mass is 349 g/mol. The Balaban J connectivity index is 4.81. The minimum Gasteiger partial charge on any atom is -0.467 e. The van der Waals surface area contributed by atoms with Gasteiger partial charge in [0.15, 0.2) is 0 Å². The van der Waals surface area contributed by atoms with E-state index in [1.54, 1.807) is 20.8 Å². The van der Waals surface area contributed by atoms with E-state index in [4.69, 9.17) is 4.74 Å². The number of amides is 2. The average Bonchev–Trinajstić information content (AvgIpc) is 2.39. The van der Waals surface area contributed by atoms with E-state index in [0.717, 1.165) is 5.75 Å². The average molecular weight is 349 g/mol. The van der Waals surface area contributed by atoms with E-state index in [1.165, 1.54) is 14.0 Å². The molecule has 1 unspecified atom stereocenters. The normalized spacial score (nSPS) is 13.9. The number of esters is 1. The summed E-state index contributed by atoms with van der Waals surface area (Å²) >= 11 is 0. The second-order valence-corrected chi connectivity index (χ2v) is 8.81. The van der Waals surface area contributed by atoms with Crippen molar-refractivity contribution in [3.63, 3.8) is 0 Å². The van der Waals surface area contributed by atoms with Crippen LogP contribution in [0.15, 0.2) is 0 Å². The molecule has 0 aliphatic heterocycles. The number of carbonyl (C=O) groups excluding carboxylic acids is 3. The summed E-state index contributed by atoms with van der Waals surface area (Å²) in [5.41, 5.74) is -0.649. The molecule has 2 atom stereocenters. The quantitative estimate of drug-likeness (QED) is 0.524. The number of alkyl carbamates (subject to hydrolysis) is 1. The van der Waals surface area contributed by atoms with Crippen molar-refractivity contribution in [2.24, 2.45) is 0 Å². The molecular weight excluding hydrogens is 320 g/mol. The van der Waals surface area contributed by atoms with Crippen molar-refractivity contribution >= 4 is 28.9 Å². The van der Waals surface area contributed by atoms with E-state index < -0.39 is 35.7 Å². The first-order valence-corrected chi connectivity index (χ1v) is 9.59. The van der Waals surface area contributed by atoms with Gasteiger partial charge in [-0.15, -0.1) is 0 Å². The summed E-state index contributed by atoms with van der Waals surface area (Å²) in [6.45, 7) is 6.77. The van der Waals surface area contributed by atoms with Crippen molar-refractivity contribution in [2.75, 3.05) is 25.4 Å².